The molecule has 0 radical (unpaired) electrons. The van der Waals surface area contributed by atoms with Crippen LogP contribution in [0, 0.1) is 12.7 Å². The van der Waals surface area contributed by atoms with Gasteiger partial charge in [-0.1, -0.05) is 42.5 Å². The van der Waals surface area contributed by atoms with Crippen LogP contribution in [0.5, 0.6) is 11.5 Å². The second-order valence-corrected chi connectivity index (χ2v) is 10.2. The number of para-hydroxylation sites is 1. The van der Waals surface area contributed by atoms with Gasteiger partial charge >= 0.3 is 5.97 Å². The van der Waals surface area contributed by atoms with Gasteiger partial charge in [0.1, 0.15) is 17.3 Å². The SMILES string of the molecule is Cc1cc(-c2ccc(Oc3ccccc3)cc2)c(F)cc1N(Cc1ccc(C(=O)O)cc1)S(C)(=O)=O. The second kappa shape index (κ2) is 10.2. The van der Waals surface area contributed by atoms with Crippen LogP contribution in [0.2, 0.25) is 0 Å². The Kier molecular flexibility index (Phi) is 7.07. The van der Waals surface area contributed by atoms with Crippen LogP contribution >= 0.6 is 0 Å². The molecular formula is C28H24FNO5S. The summed E-state index contributed by atoms with van der Waals surface area (Å²) in [5.74, 6) is -0.345. The third kappa shape index (κ3) is 5.72. The number of nitrogens with zero attached hydrogens (tertiary/aromatic N) is 1. The number of carbonyl (C=O) groups is 1. The van der Waals surface area contributed by atoms with Crippen LogP contribution in [0.1, 0.15) is 21.5 Å². The average molecular weight is 506 g/mol. The minimum Gasteiger partial charge on any atom is -0.478 e. The monoisotopic (exact) mass is 505 g/mol. The van der Waals surface area contributed by atoms with E-state index in [1.54, 1.807) is 49.4 Å². The summed E-state index contributed by atoms with van der Waals surface area (Å²) in [4.78, 5) is 11.1. The van der Waals surface area contributed by atoms with Gasteiger partial charge in [-0.15, -0.1) is 0 Å². The van der Waals surface area contributed by atoms with E-state index in [1.165, 1.54) is 18.2 Å². The topological polar surface area (TPSA) is 83.9 Å². The molecule has 0 fully saturated rings. The highest BCUT2D eigenvalue weighted by Crippen LogP contribution is 2.33. The molecule has 8 heteroatoms. The standard InChI is InChI=1S/C28H24FNO5S/c1-19-16-25(21-12-14-24(15-13-21)35-23-6-4-3-5-7-23)26(29)17-27(19)30(36(2,33)34)18-20-8-10-22(11-9-20)28(31)32/h3-17H,18H2,1-2H3,(H,31,32). The molecule has 0 heterocycles. The van der Waals surface area contributed by atoms with Crippen LogP contribution in [0.4, 0.5) is 10.1 Å². The summed E-state index contributed by atoms with van der Waals surface area (Å²) in [7, 11) is -3.76. The van der Waals surface area contributed by atoms with E-state index in [0.717, 1.165) is 10.6 Å². The normalized spacial score (nSPS) is 11.2. The molecule has 0 atom stereocenters. The Morgan fingerprint density at radius 1 is 0.917 bits per heavy atom. The maximum absolute atomic E-state index is 15.3. The zero-order chi connectivity index (χ0) is 25.9. The van der Waals surface area contributed by atoms with Gasteiger partial charge in [-0.3, -0.25) is 4.31 Å². The average Bonchev–Trinajstić information content (AvgIpc) is 2.85. The number of carboxylic acid groups (broad SMARTS) is 1. The molecule has 0 aliphatic carbocycles. The number of halogens is 1. The minimum atomic E-state index is -3.76. The highest BCUT2D eigenvalue weighted by molar-refractivity contribution is 7.92. The molecule has 0 bridgehead atoms. The van der Waals surface area contributed by atoms with Crippen LogP contribution in [-0.4, -0.2) is 25.7 Å². The lowest BCUT2D eigenvalue weighted by Gasteiger charge is -2.25. The van der Waals surface area contributed by atoms with Crippen molar-refractivity contribution in [1.82, 2.24) is 0 Å². The summed E-state index contributed by atoms with van der Waals surface area (Å²) < 4.78 is 47.4. The Balaban J connectivity index is 1.62. The maximum Gasteiger partial charge on any atom is 0.335 e. The van der Waals surface area contributed by atoms with Gasteiger partial charge in [0.15, 0.2) is 0 Å². The van der Waals surface area contributed by atoms with Crippen molar-refractivity contribution in [2.45, 2.75) is 13.5 Å². The number of hydrogen-bond donors (Lipinski definition) is 1. The Morgan fingerprint density at radius 3 is 2.11 bits per heavy atom. The van der Waals surface area contributed by atoms with Gasteiger partial charge in [0.25, 0.3) is 0 Å². The number of aryl methyl sites for hydroxylation is 1. The van der Waals surface area contributed by atoms with E-state index in [9.17, 15) is 13.2 Å². The van der Waals surface area contributed by atoms with Crippen LogP contribution in [0.3, 0.4) is 0 Å². The highest BCUT2D eigenvalue weighted by Gasteiger charge is 2.22. The molecule has 0 unspecified atom stereocenters. The van der Waals surface area contributed by atoms with E-state index in [2.05, 4.69) is 0 Å². The zero-order valence-electron chi connectivity index (χ0n) is 19.7. The van der Waals surface area contributed by atoms with Crippen molar-refractivity contribution in [3.8, 4) is 22.6 Å². The van der Waals surface area contributed by atoms with Gasteiger partial charge in [0.05, 0.1) is 24.1 Å². The van der Waals surface area contributed by atoms with Gasteiger partial charge < -0.3 is 9.84 Å². The molecule has 0 saturated heterocycles. The van der Waals surface area contributed by atoms with E-state index < -0.39 is 21.8 Å². The maximum atomic E-state index is 15.3. The number of hydrogen-bond acceptors (Lipinski definition) is 4. The summed E-state index contributed by atoms with van der Waals surface area (Å²) >= 11 is 0. The van der Waals surface area contributed by atoms with E-state index in [4.69, 9.17) is 9.84 Å². The lowest BCUT2D eigenvalue weighted by atomic mass is 10.0. The summed E-state index contributed by atoms with van der Waals surface area (Å²) in [6.07, 6.45) is 1.05. The van der Waals surface area contributed by atoms with E-state index in [-0.39, 0.29) is 17.8 Å². The lowest BCUT2D eigenvalue weighted by molar-refractivity contribution is 0.0697. The molecule has 6 nitrogen and oxygen atoms in total. The number of aromatic carboxylic acids is 1. The summed E-state index contributed by atoms with van der Waals surface area (Å²) in [6, 6.07) is 25.0. The van der Waals surface area contributed by atoms with Crippen molar-refractivity contribution in [2.24, 2.45) is 0 Å². The van der Waals surface area contributed by atoms with E-state index in [0.29, 0.717) is 33.8 Å². The van der Waals surface area contributed by atoms with Gasteiger partial charge in [-0.2, -0.15) is 0 Å². The first kappa shape index (κ1) is 24.9. The fraction of sp³-hybridized carbons (Fsp3) is 0.107. The molecular weight excluding hydrogens is 481 g/mol. The first-order valence-electron chi connectivity index (χ1n) is 11.1. The van der Waals surface area contributed by atoms with Crippen molar-refractivity contribution in [2.75, 3.05) is 10.6 Å². The molecule has 0 aliphatic heterocycles. The summed E-state index contributed by atoms with van der Waals surface area (Å²) in [5, 5.41) is 9.08. The fourth-order valence-corrected chi connectivity index (χ4v) is 4.73. The van der Waals surface area contributed by atoms with Crippen LogP contribution in [-0.2, 0) is 16.6 Å². The van der Waals surface area contributed by atoms with Gasteiger partial charge in [-0.05, 0) is 72.1 Å². The third-order valence-electron chi connectivity index (χ3n) is 5.63. The number of carboxylic acids is 1. The van der Waals surface area contributed by atoms with Crippen molar-refractivity contribution < 1.29 is 27.4 Å². The molecule has 0 aromatic heterocycles. The summed E-state index contributed by atoms with van der Waals surface area (Å²) in [6.45, 7) is 1.65. The van der Waals surface area contributed by atoms with Crippen LogP contribution < -0.4 is 9.04 Å². The largest absolute Gasteiger partial charge is 0.478 e. The van der Waals surface area contributed by atoms with Gasteiger partial charge in [0, 0.05) is 5.56 Å². The minimum absolute atomic E-state index is 0.0656. The quantitative estimate of drug-likeness (QED) is 0.306. The Hall–Kier alpha value is -4.17. The van der Waals surface area contributed by atoms with Crippen molar-refractivity contribution in [1.29, 1.82) is 0 Å². The number of sulfonamides is 1. The van der Waals surface area contributed by atoms with Gasteiger partial charge in [-0.25, -0.2) is 17.6 Å². The predicted molar refractivity (Wildman–Crippen MR) is 138 cm³/mol. The molecule has 4 aromatic rings. The van der Waals surface area contributed by atoms with E-state index >= 15 is 4.39 Å². The molecule has 1 N–H and O–H groups in total. The second-order valence-electron chi connectivity index (χ2n) is 8.33. The number of benzene rings is 4. The Labute approximate surface area is 209 Å². The summed E-state index contributed by atoms with van der Waals surface area (Å²) in [5.41, 5.74) is 2.41. The fourth-order valence-electron chi connectivity index (χ4n) is 3.79. The molecule has 36 heavy (non-hydrogen) atoms. The first-order chi connectivity index (χ1) is 17.1. The highest BCUT2D eigenvalue weighted by atomic mass is 32.2. The predicted octanol–water partition coefficient (Wildman–Crippen LogP) is 6.26. The third-order valence-corrected chi connectivity index (χ3v) is 6.75. The molecule has 0 spiro atoms. The Morgan fingerprint density at radius 2 is 1.53 bits per heavy atom. The molecule has 4 aromatic carbocycles. The molecule has 184 valence electrons. The molecule has 0 aliphatic rings. The van der Waals surface area contributed by atoms with Crippen LogP contribution in [0.25, 0.3) is 11.1 Å². The number of rotatable bonds is 8. The number of ether oxygens (including phenoxy) is 1. The van der Waals surface area contributed by atoms with Crippen molar-refractivity contribution >= 4 is 21.7 Å². The first-order valence-corrected chi connectivity index (χ1v) is 12.9. The van der Waals surface area contributed by atoms with E-state index in [1.807, 2.05) is 30.3 Å². The van der Waals surface area contributed by atoms with Crippen LogP contribution in [0.15, 0.2) is 91.0 Å². The lowest BCUT2D eigenvalue weighted by Crippen LogP contribution is -2.30. The number of anilines is 1. The van der Waals surface area contributed by atoms with Gasteiger partial charge in [0.2, 0.25) is 10.0 Å². The molecule has 4 rings (SSSR count). The van der Waals surface area contributed by atoms with Crippen molar-refractivity contribution in [3.63, 3.8) is 0 Å². The Bertz CT molecular complexity index is 1490. The molecule has 0 amide bonds. The molecule has 0 saturated carbocycles. The smallest absolute Gasteiger partial charge is 0.335 e. The van der Waals surface area contributed by atoms with Crippen molar-refractivity contribution in [3.05, 3.63) is 114 Å². The zero-order valence-corrected chi connectivity index (χ0v) is 20.5.